The van der Waals surface area contributed by atoms with Crippen molar-refractivity contribution in [1.82, 2.24) is 9.55 Å². The highest BCUT2D eigenvalue weighted by Gasteiger charge is 2.17. The Hall–Kier alpha value is -3.79. The Balaban J connectivity index is 1.45. The fourth-order valence-corrected chi connectivity index (χ4v) is 3.87. The Morgan fingerprint density at radius 1 is 1.18 bits per heavy atom. The molecule has 0 atom stereocenters. The quantitative estimate of drug-likeness (QED) is 0.342. The lowest BCUT2D eigenvalue weighted by molar-refractivity contribution is -0.384. The molecule has 0 bridgehead atoms. The van der Waals surface area contributed by atoms with Gasteiger partial charge in [0.15, 0.2) is 6.61 Å². The number of fused-ring (bicyclic) bond motifs is 2. The molecule has 0 saturated carbocycles. The molecule has 1 N–H and O–H groups in total. The van der Waals surface area contributed by atoms with E-state index in [1.165, 1.54) is 30.3 Å². The number of aromatic nitrogens is 2. The van der Waals surface area contributed by atoms with Crippen LogP contribution in [0.3, 0.4) is 0 Å². The van der Waals surface area contributed by atoms with E-state index < -0.39 is 23.4 Å². The number of carbonyl (C=O) groups excluding carboxylic acids is 2. The van der Waals surface area contributed by atoms with Crippen molar-refractivity contribution in [2.24, 2.45) is 0 Å². The van der Waals surface area contributed by atoms with Crippen molar-refractivity contribution in [2.45, 2.75) is 32.2 Å². The number of benzene rings is 2. The van der Waals surface area contributed by atoms with Crippen molar-refractivity contribution in [1.29, 1.82) is 0 Å². The van der Waals surface area contributed by atoms with E-state index >= 15 is 0 Å². The average Bonchev–Trinajstić information content (AvgIpc) is 3.04. The lowest BCUT2D eigenvalue weighted by Gasteiger charge is -2.11. The predicted octanol–water partition coefficient (Wildman–Crippen LogP) is 3.48. The second kappa shape index (κ2) is 9.37. The molecular formula is C22H19ClN4O6. The molecule has 11 heteroatoms. The fraction of sp³-hybridized carbons (Fsp3) is 0.273. The fourth-order valence-electron chi connectivity index (χ4n) is 3.69. The van der Waals surface area contributed by atoms with Crippen LogP contribution in [0, 0.1) is 10.1 Å². The molecule has 170 valence electrons. The number of hydrogen-bond acceptors (Lipinski definition) is 7. The van der Waals surface area contributed by atoms with E-state index in [0.29, 0.717) is 29.7 Å². The third kappa shape index (κ3) is 4.85. The Bertz CT molecular complexity index is 1340. The normalized spacial score (nSPS) is 13.1. The van der Waals surface area contributed by atoms with Crippen LogP contribution >= 0.6 is 11.6 Å². The first-order valence-corrected chi connectivity index (χ1v) is 10.7. The van der Waals surface area contributed by atoms with Gasteiger partial charge >= 0.3 is 5.97 Å². The van der Waals surface area contributed by atoms with Crippen molar-refractivity contribution < 1.29 is 19.2 Å². The van der Waals surface area contributed by atoms with Crippen LogP contribution in [0.4, 0.5) is 11.4 Å². The molecule has 0 saturated heterocycles. The maximum atomic E-state index is 12.8. The molecule has 1 amide bonds. The Labute approximate surface area is 192 Å². The van der Waals surface area contributed by atoms with Crippen molar-refractivity contribution in [3.63, 3.8) is 0 Å². The number of halogens is 1. The van der Waals surface area contributed by atoms with E-state index in [1.54, 1.807) is 4.57 Å². The molecule has 10 nitrogen and oxygen atoms in total. The van der Waals surface area contributed by atoms with Gasteiger partial charge in [0.2, 0.25) is 0 Å². The van der Waals surface area contributed by atoms with Gasteiger partial charge in [-0.3, -0.25) is 24.3 Å². The van der Waals surface area contributed by atoms with Gasteiger partial charge in [-0.15, -0.1) is 0 Å². The monoisotopic (exact) mass is 470 g/mol. The van der Waals surface area contributed by atoms with Gasteiger partial charge in [-0.25, -0.2) is 9.78 Å². The number of nitro benzene ring substituents is 1. The van der Waals surface area contributed by atoms with E-state index in [9.17, 15) is 24.5 Å². The van der Waals surface area contributed by atoms with Crippen molar-refractivity contribution in [3.8, 4) is 0 Å². The van der Waals surface area contributed by atoms with Gasteiger partial charge < -0.3 is 10.1 Å². The topological polar surface area (TPSA) is 133 Å². The first-order valence-electron chi connectivity index (χ1n) is 10.3. The second-order valence-corrected chi connectivity index (χ2v) is 7.98. The summed E-state index contributed by atoms with van der Waals surface area (Å²) < 4.78 is 6.75. The molecule has 1 aliphatic heterocycles. The van der Waals surface area contributed by atoms with Crippen LogP contribution in [-0.4, -0.2) is 33.0 Å². The number of amides is 1. The molecule has 33 heavy (non-hydrogen) atoms. The molecule has 0 unspecified atom stereocenters. The maximum absolute atomic E-state index is 12.8. The number of nitrogens with one attached hydrogen (secondary N) is 1. The maximum Gasteiger partial charge on any atom is 0.338 e. The Morgan fingerprint density at radius 2 is 2.00 bits per heavy atom. The minimum Gasteiger partial charge on any atom is -0.452 e. The summed E-state index contributed by atoms with van der Waals surface area (Å²) in [6.45, 7) is 0.0281. The minimum atomic E-state index is -0.758. The van der Waals surface area contributed by atoms with Crippen molar-refractivity contribution in [2.75, 3.05) is 11.9 Å². The summed E-state index contributed by atoms with van der Waals surface area (Å²) in [6, 6.07) is 8.26. The Kier molecular flexibility index (Phi) is 6.36. The van der Waals surface area contributed by atoms with Gasteiger partial charge in [-0.1, -0.05) is 18.0 Å². The molecule has 3 aromatic rings. The summed E-state index contributed by atoms with van der Waals surface area (Å²) in [7, 11) is 0. The van der Waals surface area contributed by atoms with E-state index in [-0.39, 0.29) is 27.5 Å². The van der Waals surface area contributed by atoms with Gasteiger partial charge in [0.05, 0.1) is 21.4 Å². The second-order valence-electron chi connectivity index (χ2n) is 7.58. The number of hydrogen-bond donors (Lipinski definition) is 1. The van der Waals surface area contributed by atoms with Crippen LogP contribution < -0.4 is 10.9 Å². The molecular weight excluding hydrogens is 452 g/mol. The first-order chi connectivity index (χ1) is 15.8. The number of rotatable bonds is 5. The lowest BCUT2D eigenvalue weighted by atomic mass is 10.1. The van der Waals surface area contributed by atoms with Crippen LogP contribution in [0.25, 0.3) is 10.9 Å². The molecule has 0 aliphatic carbocycles. The van der Waals surface area contributed by atoms with Crippen LogP contribution in [0.2, 0.25) is 5.02 Å². The van der Waals surface area contributed by atoms with Crippen LogP contribution in [-0.2, 0) is 22.5 Å². The number of nitrogens with zero attached hydrogens (tertiary/aromatic N) is 3. The zero-order chi connectivity index (χ0) is 23.5. The molecule has 0 radical (unpaired) electrons. The zero-order valence-corrected chi connectivity index (χ0v) is 18.1. The number of anilines is 1. The zero-order valence-electron chi connectivity index (χ0n) is 17.4. The van der Waals surface area contributed by atoms with E-state index in [4.69, 9.17) is 16.3 Å². The smallest absolute Gasteiger partial charge is 0.338 e. The van der Waals surface area contributed by atoms with Crippen LogP contribution in [0.1, 0.15) is 35.4 Å². The lowest BCUT2D eigenvalue weighted by Crippen LogP contribution is -2.25. The molecule has 0 fully saturated rings. The average molecular weight is 471 g/mol. The highest BCUT2D eigenvalue weighted by Crippen LogP contribution is 2.27. The third-order valence-corrected chi connectivity index (χ3v) is 5.63. The largest absolute Gasteiger partial charge is 0.452 e. The summed E-state index contributed by atoms with van der Waals surface area (Å²) in [5, 5.41) is 13.7. The predicted molar refractivity (Wildman–Crippen MR) is 121 cm³/mol. The summed E-state index contributed by atoms with van der Waals surface area (Å²) in [4.78, 5) is 52.2. The molecule has 2 heterocycles. The summed E-state index contributed by atoms with van der Waals surface area (Å²) in [6.07, 6.45) is 3.60. The number of aryl methyl sites for hydroxylation is 1. The molecule has 1 aliphatic rings. The van der Waals surface area contributed by atoms with Crippen LogP contribution in [0.15, 0.2) is 41.2 Å². The van der Waals surface area contributed by atoms with Crippen LogP contribution in [0.5, 0.6) is 0 Å². The van der Waals surface area contributed by atoms with Gasteiger partial charge in [-0.2, -0.15) is 0 Å². The standard InChI is InChI=1S/C22H19ClN4O6/c23-16-8-6-14(11-18(16)27(31)32)24-20(28)12-33-22(30)13-5-7-15-17(10-13)25-19-4-2-1-3-9-26(19)21(15)29/h5-8,10-11H,1-4,9,12H2,(H,24,28). The summed E-state index contributed by atoms with van der Waals surface area (Å²) in [5.74, 6) is -0.736. The molecule has 4 rings (SSSR count). The highest BCUT2D eigenvalue weighted by molar-refractivity contribution is 6.32. The minimum absolute atomic E-state index is 0.0640. The molecule has 2 aromatic carbocycles. The van der Waals surface area contributed by atoms with Gasteiger partial charge in [0, 0.05) is 24.7 Å². The SMILES string of the molecule is O=C(COC(=O)c1ccc2c(=O)n3c(nc2c1)CCCCC3)Nc1ccc(Cl)c([N+](=O)[O-])c1. The van der Waals surface area contributed by atoms with E-state index in [1.807, 2.05) is 0 Å². The van der Waals surface area contributed by atoms with Gasteiger partial charge in [0.25, 0.3) is 17.2 Å². The summed E-state index contributed by atoms with van der Waals surface area (Å²) >= 11 is 5.75. The van der Waals surface area contributed by atoms with E-state index in [2.05, 4.69) is 10.3 Å². The Morgan fingerprint density at radius 3 is 2.79 bits per heavy atom. The van der Waals surface area contributed by atoms with Crippen molar-refractivity contribution >= 4 is 45.8 Å². The number of carbonyl (C=O) groups is 2. The molecule has 1 aromatic heterocycles. The first kappa shape index (κ1) is 22.4. The number of ether oxygens (including phenoxy) is 1. The number of nitro groups is 1. The molecule has 0 spiro atoms. The van der Waals surface area contributed by atoms with E-state index in [0.717, 1.165) is 25.3 Å². The van der Waals surface area contributed by atoms with Crippen molar-refractivity contribution in [3.05, 3.63) is 73.3 Å². The van der Waals surface area contributed by atoms with Gasteiger partial charge in [0.1, 0.15) is 10.8 Å². The number of esters is 1. The summed E-state index contributed by atoms with van der Waals surface area (Å²) in [5.41, 5.74) is 0.212. The van der Waals surface area contributed by atoms with Gasteiger partial charge in [-0.05, 0) is 43.2 Å². The highest BCUT2D eigenvalue weighted by atomic mass is 35.5. The third-order valence-electron chi connectivity index (χ3n) is 5.31.